The third-order valence-corrected chi connectivity index (χ3v) is 6.26. The van der Waals surface area contributed by atoms with Crippen molar-refractivity contribution >= 4 is 5.97 Å². The third-order valence-electron chi connectivity index (χ3n) is 6.26. The van der Waals surface area contributed by atoms with Crippen LogP contribution in [0.4, 0.5) is 0 Å². The standard InChI is InChI=1S/C32H26N2O5/c1-2-36-24-14-10-23(11-15-24)32(35)38-26-16-17-27-29(18-26)39-31(34)28(19-33)30(27)22-8-12-25(13-9-22)37-20-21-6-4-3-5-7-21/h3-18,30H,2,20,34H2,1H3. The molecule has 1 atom stereocenters. The van der Waals surface area contributed by atoms with E-state index in [9.17, 15) is 10.1 Å². The molecule has 0 saturated carbocycles. The van der Waals surface area contributed by atoms with Gasteiger partial charge in [0.05, 0.1) is 18.1 Å². The lowest BCUT2D eigenvalue weighted by atomic mass is 9.83. The second-order valence-corrected chi connectivity index (χ2v) is 8.81. The second-order valence-electron chi connectivity index (χ2n) is 8.81. The van der Waals surface area contributed by atoms with Crippen LogP contribution in [0.5, 0.6) is 23.0 Å². The summed E-state index contributed by atoms with van der Waals surface area (Å²) < 4.78 is 22.7. The van der Waals surface area contributed by atoms with Crippen LogP contribution in [0.3, 0.4) is 0 Å². The average Bonchev–Trinajstić information content (AvgIpc) is 2.96. The van der Waals surface area contributed by atoms with Gasteiger partial charge in [0.15, 0.2) is 0 Å². The fourth-order valence-corrected chi connectivity index (χ4v) is 4.36. The average molecular weight is 519 g/mol. The number of nitrogens with two attached hydrogens (primary N) is 1. The highest BCUT2D eigenvalue weighted by molar-refractivity contribution is 5.91. The molecular weight excluding hydrogens is 492 g/mol. The Labute approximate surface area is 226 Å². The zero-order valence-electron chi connectivity index (χ0n) is 21.3. The molecule has 1 unspecified atom stereocenters. The molecule has 4 aromatic rings. The van der Waals surface area contributed by atoms with Crippen LogP contribution in [-0.2, 0) is 6.61 Å². The summed E-state index contributed by atoms with van der Waals surface area (Å²) in [5, 5.41) is 9.87. The maximum Gasteiger partial charge on any atom is 0.343 e. The molecule has 0 radical (unpaired) electrons. The van der Waals surface area contributed by atoms with Crippen molar-refractivity contribution in [3.63, 3.8) is 0 Å². The number of allylic oxidation sites excluding steroid dienone is 1. The summed E-state index contributed by atoms with van der Waals surface area (Å²) in [5.41, 5.74) is 9.49. The molecule has 39 heavy (non-hydrogen) atoms. The fourth-order valence-electron chi connectivity index (χ4n) is 4.36. The molecule has 194 valence electrons. The molecule has 0 spiro atoms. The number of nitriles is 1. The van der Waals surface area contributed by atoms with Crippen molar-refractivity contribution < 1.29 is 23.7 Å². The van der Waals surface area contributed by atoms with Crippen molar-refractivity contribution in [3.8, 4) is 29.1 Å². The molecule has 0 aliphatic carbocycles. The lowest BCUT2D eigenvalue weighted by Crippen LogP contribution is -2.21. The van der Waals surface area contributed by atoms with E-state index in [1.165, 1.54) is 0 Å². The van der Waals surface area contributed by atoms with Crippen LogP contribution in [0.2, 0.25) is 0 Å². The van der Waals surface area contributed by atoms with Crippen molar-refractivity contribution in [1.82, 2.24) is 0 Å². The van der Waals surface area contributed by atoms with Crippen molar-refractivity contribution in [1.29, 1.82) is 5.26 Å². The highest BCUT2D eigenvalue weighted by Gasteiger charge is 2.31. The summed E-state index contributed by atoms with van der Waals surface area (Å²) in [4.78, 5) is 12.7. The Balaban J connectivity index is 1.35. The predicted octanol–water partition coefficient (Wildman–Crippen LogP) is 6.10. The topological polar surface area (TPSA) is 104 Å². The Hall–Kier alpha value is -5.22. The molecule has 5 rings (SSSR count). The van der Waals surface area contributed by atoms with Gasteiger partial charge in [0, 0.05) is 11.6 Å². The van der Waals surface area contributed by atoms with Crippen molar-refractivity contribution in [3.05, 3.63) is 131 Å². The number of esters is 1. The summed E-state index contributed by atoms with van der Waals surface area (Å²) in [6.45, 7) is 2.88. The number of ether oxygens (including phenoxy) is 4. The molecule has 4 aromatic carbocycles. The van der Waals surface area contributed by atoms with Crippen LogP contribution in [-0.4, -0.2) is 12.6 Å². The van der Waals surface area contributed by atoms with E-state index in [4.69, 9.17) is 24.7 Å². The summed E-state index contributed by atoms with van der Waals surface area (Å²) >= 11 is 0. The van der Waals surface area contributed by atoms with Gasteiger partial charge >= 0.3 is 5.97 Å². The molecule has 7 heteroatoms. The Morgan fingerprint density at radius 3 is 2.26 bits per heavy atom. The van der Waals surface area contributed by atoms with E-state index in [-0.39, 0.29) is 5.88 Å². The molecule has 2 N–H and O–H groups in total. The zero-order valence-corrected chi connectivity index (χ0v) is 21.3. The maximum atomic E-state index is 12.7. The molecule has 1 aliphatic rings. The molecule has 1 heterocycles. The van der Waals surface area contributed by atoms with Gasteiger partial charge in [-0.25, -0.2) is 4.79 Å². The Bertz CT molecular complexity index is 1540. The zero-order chi connectivity index (χ0) is 27.2. The highest BCUT2D eigenvalue weighted by Crippen LogP contribution is 2.43. The minimum Gasteiger partial charge on any atom is -0.494 e. The van der Waals surface area contributed by atoms with Crippen molar-refractivity contribution in [2.24, 2.45) is 5.73 Å². The minimum absolute atomic E-state index is 0.00870. The largest absolute Gasteiger partial charge is 0.494 e. The quantitative estimate of drug-likeness (QED) is 0.222. The SMILES string of the molecule is CCOc1ccc(C(=O)Oc2ccc3c(c2)OC(N)=C(C#N)C3c2ccc(OCc3ccccc3)cc2)cc1. The van der Waals surface area contributed by atoms with E-state index in [0.29, 0.717) is 47.3 Å². The van der Waals surface area contributed by atoms with Crippen LogP contribution in [0.1, 0.15) is 39.9 Å². The first kappa shape index (κ1) is 25.4. The lowest BCUT2D eigenvalue weighted by Gasteiger charge is -2.26. The van der Waals surface area contributed by atoms with Gasteiger partial charge in [0.1, 0.15) is 41.2 Å². The number of carbonyl (C=O) groups excluding carboxylic acids is 1. The molecule has 0 bridgehead atoms. The van der Waals surface area contributed by atoms with Gasteiger partial charge in [-0.3, -0.25) is 0 Å². The first-order chi connectivity index (χ1) is 19.1. The number of hydrogen-bond donors (Lipinski definition) is 1. The van der Waals surface area contributed by atoms with Crippen LogP contribution in [0, 0.1) is 11.3 Å². The van der Waals surface area contributed by atoms with Gasteiger partial charge in [0.25, 0.3) is 0 Å². The first-order valence-corrected chi connectivity index (χ1v) is 12.5. The third kappa shape index (κ3) is 5.71. The fraction of sp³-hybridized carbons (Fsp3) is 0.125. The van der Waals surface area contributed by atoms with Crippen molar-refractivity contribution in [2.75, 3.05) is 6.61 Å². The van der Waals surface area contributed by atoms with Gasteiger partial charge in [-0.2, -0.15) is 5.26 Å². The Morgan fingerprint density at radius 1 is 0.897 bits per heavy atom. The van der Waals surface area contributed by atoms with Gasteiger partial charge in [-0.05, 0) is 60.5 Å². The van der Waals surface area contributed by atoms with Crippen LogP contribution >= 0.6 is 0 Å². The predicted molar refractivity (Wildman–Crippen MR) is 146 cm³/mol. The minimum atomic E-state index is -0.516. The number of benzene rings is 4. The van der Waals surface area contributed by atoms with Gasteiger partial charge in [0.2, 0.25) is 5.88 Å². The summed E-state index contributed by atoms with van der Waals surface area (Å²) in [5.74, 6) is 1.14. The van der Waals surface area contributed by atoms with Gasteiger partial charge in [-0.1, -0.05) is 48.5 Å². The van der Waals surface area contributed by atoms with E-state index < -0.39 is 11.9 Å². The number of hydrogen-bond acceptors (Lipinski definition) is 7. The number of nitrogens with zero attached hydrogens (tertiary/aromatic N) is 1. The molecule has 0 fully saturated rings. The van der Waals surface area contributed by atoms with E-state index >= 15 is 0 Å². The molecule has 0 saturated heterocycles. The van der Waals surface area contributed by atoms with Crippen molar-refractivity contribution in [2.45, 2.75) is 19.4 Å². The van der Waals surface area contributed by atoms with E-state index in [0.717, 1.165) is 16.7 Å². The summed E-state index contributed by atoms with van der Waals surface area (Å²) in [6, 6.07) is 31.4. The molecular formula is C32H26N2O5. The Morgan fingerprint density at radius 2 is 1.56 bits per heavy atom. The molecule has 1 aliphatic heterocycles. The second kappa shape index (κ2) is 11.4. The summed E-state index contributed by atoms with van der Waals surface area (Å²) in [6.07, 6.45) is 0. The lowest BCUT2D eigenvalue weighted by molar-refractivity contribution is 0.0734. The number of fused-ring (bicyclic) bond motifs is 1. The van der Waals surface area contributed by atoms with Crippen LogP contribution < -0.4 is 24.7 Å². The molecule has 0 aromatic heterocycles. The Kier molecular flexibility index (Phi) is 7.46. The van der Waals surface area contributed by atoms with Gasteiger partial charge < -0.3 is 24.7 Å². The van der Waals surface area contributed by atoms with Gasteiger partial charge in [-0.15, -0.1) is 0 Å². The van der Waals surface area contributed by atoms with Crippen LogP contribution in [0.25, 0.3) is 0 Å². The smallest absolute Gasteiger partial charge is 0.343 e. The number of carbonyl (C=O) groups is 1. The molecule has 7 nitrogen and oxygen atoms in total. The van der Waals surface area contributed by atoms with E-state index in [1.54, 1.807) is 42.5 Å². The van der Waals surface area contributed by atoms with Crippen LogP contribution in [0.15, 0.2) is 109 Å². The number of rotatable bonds is 8. The van der Waals surface area contributed by atoms with E-state index in [1.807, 2.05) is 61.5 Å². The monoisotopic (exact) mass is 518 g/mol. The first-order valence-electron chi connectivity index (χ1n) is 12.5. The molecule has 0 amide bonds. The summed E-state index contributed by atoms with van der Waals surface area (Å²) in [7, 11) is 0. The highest BCUT2D eigenvalue weighted by atomic mass is 16.5. The maximum absolute atomic E-state index is 12.7. The normalized spacial score (nSPS) is 14.0. The van der Waals surface area contributed by atoms with E-state index in [2.05, 4.69) is 6.07 Å².